The smallest absolute Gasteiger partial charge is 0.407 e. The summed E-state index contributed by atoms with van der Waals surface area (Å²) in [6.45, 7) is 14.3. The Morgan fingerprint density at radius 2 is 1.29 bits per heavy atom. The molecule has 4 heteroatoms. The van der Waals surface area contributed by atoms with Crippen molar-refractivity contribution in [1.29, 1.82) is 0 Å². The Kier molecular flexibility index (Phi) is 10.3. The lowest BCUT2D eigenvalue weighted by Gasteiger charge is -2.36. The van der Waals surface area contributed by atoms with Gasteiger partial charge in [-0.15, -0.1) is 0 Å². The quantitative estimate of drug-likeness (QED) is 0.181. The largest absolute Gasteiger partial charge is 0.602 e. The van der Waals surface area contributed by atoms with Crippen LogP contribution in [-0.2, 0) is 11.3 Å². The van der Waals surface area contributed by atoms with Crippen LogP contribution in [0.15, 0.2) is 110 Å². The zero-order valence-electron chi connectivity index (χ0n) is 26.2. The third kappa shape index (κ3) is 9.11. The van der Waals surface area contributed by atoms with Gasteiger partial charge in [0.15, 0.2) is 12.4 Å². The van der Waals surface area contributed by atoms with Gasteiger partial charge in [0.25, 0.3) is 0 Å². The van der Waals surface area contributed by atoms with E-state index in [1.165, 1.54) is 21.3 Å². The lowest BCUT2D eigenvalue weighted by molar-refractivity contribution is -0.586. The average Bonchev–Trinajstić information content (AvgIpc) is 2.97. The van der Waals surface area contributed by atoms with Crippen LogP contribution >= 0.6 is 0 Å². The van der Waals surface area contributed by atoms with Gasteiger partial charge in [-0.25, -0.2) is 0 Å². The lowest BCUT2D eigenvalue weighted by atomic mass is 9.68. The summed E-state index contributed by atoms with van der Waals surface area (Å²) in [4.78, 5) is 17.1. The van der Waals surface area contributed by atoms with E-state index in [9.17, 15) is 4.79 Å². The summed E-state index contributed by atoms with van der Waals surface area (Å²) >= 11 is 0. The van der Waals surface area contributed by atoms with Gasteiger partial charge in [0.1, 0.15) is 6.61 Å². The van der Waals surface area contributed by atoms with E-state index in [1.807, 2.05) is 55.1 Å². The Morgan fingerprint density at radius 1 is 0.714 bits per heavy atom. The number of carbonyl (C=O) groups excluding carboxylic acids is 1. The van der Waals surface area contributed by atoms with Crippen LogP contribution in [0.1, 0.15) is 101 Å². The molecule has 0 aliphatic heterocycles. The summed E-state index contributed by atoms with van der Waals surface area (Å²) in [6, 6.07) is 29.3. The predicted molar refractivity (Wildman–Crippen MR) is 170 cm³/mol. The minimum absolute atomic E-state index is 0.116. The highest BCUT2D eigenvalue weighted by Crippen LogP contribution is 2.46. The first-order valence-corrected chi connectivity index (χ1v) is 15.2. The number of carbonyl (C=O) groups is 1. The highest BCUT2D eigenvalue weighted by molar-refractivity contribution is 5.56. The normalized spacial score (nSPS) is 14.1. The Labute approximate surface area is 252 Å². The molecule has 0 N–H and O–H groups in total. The third-order valence-electron chi connectivity index (χ3n) is 8.12. The first-order valence-electron chi connectivity index (χ1n) is 15.2. The van der Waals surface area contributed by atoms with Crippen LogP contribution in [-0.4, -0.2) is 11.1 Å². The van der Waals surface area contributed by atoms with Gasteiger partial charge in [-0.05, 0) is 82.2 Å². The molecule has 0 saturated carbocycles. The van der Waals surface area contributed by atoms with Gasteiger partial charge in [0.05, 0.1) is 0 Å². The van der Waals surface area contributed by atoms with Crippen molar-refractivity contribution in [2.45, 2.75) is 85.2 Å². The highest BCUT2D eigenvalue weighted by atomic mass is 16.5. The van der Waals surface area contributed by atoms with E-state index in [1.54, 1.807) is 0 Å². The van der Waals surface area contributed by atoms with Crippen LogP contribution in [0.25, 0.3) is 0 Å². The van der Waals surface area contributed by atoms with E-state index in [0.29, 0.717) is 17.8 Å². The maximum absolute atomic E-state index is 12.8. The molecular weight excluding hydrogens is 516 g/mol. The Balaban J connectivity index is 1.59. The number of nitrogens with zero attached hydrogens (tertiary/aromatic N) is 2. The van der Waals surface area contributed by atoms with E-state index >= 15 is 0 Å². The van der Waals surface area contributed by atoms with Gasteiger partial charge in [-0.2, -0.15) is 4.79 Å². The minimum atomic E-state index is -0.372. The average molecular weight is 564 g/mol. The van der Waals surface area contributed by atoms with Crippen molar-refractivity contribution in [2.75, 3.05) is 0 Å². The van der Waals surface area contributed by atoms with Crippen molar-refractivity contribution in [3.63, 3.8) is 0 Å². The molecule has 0 spiro atoms. The topological polar surface area (TPSA) is 43.1 Å². The van der Waals surface area contributed by atoms with E-state index in [4.69, 9.17) is 4.74 Å². The van der Waals surface area contributed by atoms with Crippen molar-refractivity contribution < 1.29 is 14.1 Å². The van der Waals surface area contributed by atoms with Gasteiger partial charge < -0.3 is 4.74 Å². The molecular formula is C38H47N2O2+. The van der Waals surface area contributed by atoms with Crippen molar-refractivity contribution in [3.8, 4) is 0 Å². The van der Waals surface area contributed by atoms with Crippen LogP contribution in [0, 0.1) is 10.8 Å². The standard InChI is InChI=1S/C38H47N2O2/c1-37(2,3)27-34(31-19-23-40(24-20-31)36(41)42-28-29-13-9-7-10-14-29)25-33(30-17-21-39-22-18-30)26-35(38(4,5)6)32-15-11-8-12-16-32/h7-24,33-35H,25-28H2,1-6H3/q+1. The zero-order valence-corrected chi connectivity index (χ0v) is 26.2. The number of ether oxygens (including phenoxy) is 1. The van der Waals surface area contributed by atoms with E-state index in [-0.39, 0.29) is 23.5 Å². The van der Waals surface area contributed by atoms with Crippen molar-refractivity contribution in [1.82, 2.24) is 4.98 Å². The molecule has 4 nitrogen and oxygen atoms in total. The Bertz CT molecular complexity index is 1370. The second-order valence-corrected chi connectivity index (χ2v) is 13.8. The highest BCUT2D eigenvalue weighted by Gasteiger charge is 2.32. The second-order valence-electron chi connectivity index (χ2n) is 13.8. The summed E-state index contributed by atoms with van der Waals surface area (Å²) in [5.41, 5.74) is 5.22. The molecule has 0 aliphatic rings. The summed E-state index contributed by atoms with van der Waals surface area (Å²) in [5.74, 6) is 1.09. The third-order valence-corrected chi connectivity index (χ3v) is 8.12. The fraction of sp³-hybridized carbons (Fsp3) is 0.395. The van der Waals surface area contributed by atoms with Gasteiger partial charge >= 0.3 is 6.09 Å². The molecule has 0 radical (unpaired) electrons. The number of hydrogen-bond acceptors (Lipinski definition) is 3. The molecule has 42 heavy (non-hydrogen) atoms. The minimum Gasteiger partial charge on any atom is -0.407 e. The predicted octanol–water partition coefficient (Wildman–Crippen LogP) is 9.47. The molecule has 0 saturated heterocycles. The summed E-state index contributed by atoms with van der Waals surface area (Å²) in [5, 5.41) is 0. The number of benzene rings is 2. The van der Waals surface area contributed by atoms with Gasteiger partial charge in [0, 0.05) is 24.5 Å². The van der Waals surface area contributed by atoms with Crippen LogP contribution < -0.4 is 4.57 Å². The van der Waals surface area contributed by atoms with Crippen LogP contribution in [0.3, 0.4) is 0 Å². The second kappa shape index (κ2) is 13.9. The maximum atomic E-state index is 12.8. The molecule has 0 aliphatic carbocycles. The molecule has 3 unspecified atom stereocenters. The molecule has 0 fully saturated rings. The van der Waals surface area contributed by atoms with E-state index in [2.05, 4.69) is 101 Å². The Hall–Kier alpha value is -3.79. The van der Waals surface area contributed by atoms with E-state index in [0.717, 1.165) is 24.8 Å². The Morgan fingerprint density at radius 3 is 1.86 bits per heavy atom. The molecule has 3 atom stereocenters. The SMILES string of the molecule is CC(C)(C)CC(CC(CC(c1ccccc1)C(C)(C)C)c1ccncc1)c1cc[n+](C(=O)OCc2ccccc2)cc1. The fourth-order valence-electron chi connectivity index (χ4n) is 6.01. The molecule has 4 aromatic rings. The van der Waals surface area contributed by atoms with Gasteiger partial charge in [-0.1, -0.05) is 107 Å². The first kappa shape index (κ1) is 31.2. The number of aromatic nitrogens is 2. The molecule has 220 valence electrons. The maximum Gasteiger partial charge on any atom is 0.602 e. The van der Waals surface area contributed by atoms with Crippen LogP contribution in [0.2, 0.25) is 0 Å². The summed E-state index contributed by atoms with van der Waals surface area (Å²) in [7, 11) is 0. The van der Waals surface area contributed by atoms with Gasteiger partial charge in [-0.3, -0.25) is 4.98 Å². The van der Waals surface area contributed by atoms with Gasteiger partial charge in [0.2, 0.25) is 0 Å². The molecule has 4 rings (SSSR count). The van der Waals surface area contributed by atoms with Crippen LogP contribution in [0.4, 0.5) is 4.79 Å². The zero-order chi connectivity index (χ0) is 30.2. The van der Waals surface area contributed by atoms with Crippen LogP contribution in [0.5, 0.6) is 0 Å². The number of pyridine rings is 2. The number of hydrogen-bond donors (Lipinski definition) is 0. The van der Waals surface area contributed by atoms with Crippen molar-refractivity contribution >= 4 is 6.09 Å². The molecule has 0 amide bonds. The number of rotatable bonds is 10. The van der Waals surface area contributed by atoms with Crippen molar-refractivity contribution in [3.05, 3.63) is 132 Å². The summed E-state index contributed by atoms with van der Waals surface area (Å²) in [6.07, 6.45) is 10.3. The summed E-state index contributed by atoms with van der Waals surface area (Å²) < 4.78 is 7.09. The monoisotopic (exact) mass is 563 g/mol. The lowest BCUT2D eigenvalue weighted by Crippen LogP contribution is -2.42. The molecule has 2 heterocycles. The van der Waals surface area contributed by atoms with Crippen molar-refractivity contribution in [2.24, 2.45) is 10.8 Å². The van der Waals surface area contributed by atoms with E-state index < -0.39 is 0 Å². The first-order chi connectivity index (χ1) is 20.0. The molecule has 0 bridgehead atoms. The fourth-order valence-corrected chi connectivity index (χ4v) is 6.01. The molecule has 2 aromatic heterocycles. The molecule has 2 aromatic carbocycles.